The number of anilines is 1. The molecule has 2 amide bonds. The molecule has 4 N–H and O–H groups in total. The van der Waals surface area contributed by atoms with E-state index >= 15 is 0 Å². The van der Waals surface area contributed by atoms with Crippen LogP contribution < -0.4 is 16.3 Å². The first-order chi connectivity index (χ1) is 14.1. The number of benzene rings is 1. The van der Waals surface area contributed by atoms with Crippen LogP contribution in [0.4, 0.5) is 5.69 Å². The number of hydrogen-bond donors (Lipinski definition) is 4. The molecule has 0 aliphatic carbocycles. The van der Waals surface area contributed by atoms with E-state index in [1.807, 2.05) is 27.7 Å². The first-order valence-electron chi connectivity index (χ1n) is 10.4. The molecule has 0 radical (unpaired) electrons. The lowest BCUT2D eigenvalue weighted by Gasteiger charge is -2.27. The molecule has 0 bridgehead atoms. The average molecular weight is 417 g/mol. The lowest BCUT2D eigenvalue weighted by Crippen LogP contribution is -2.47. The molecule has 1 fully saturated rings. The van der Waals surface area contributed by atoms with Crippen molar-refractivity contribution in [2.75, 3.05) is 38.0 Å². The third-order valence-corrected chi connectivity index (χ3v) is 5.22. The topological polar surface area (TPSA) is 113 Å². The van der Waals surface area contributed by atoms with Crippen molar-refractivity contribution in [3.05, 3.63) is 28.7 Å². The minimum atomic E-state index is -0.297. The minimum absolute atomic E-state index is 0.0277. The second-order valence-corrected chi connectivity index (χ2v) is 8.97. The molecule has 164 valence electrons. The van der Waals surface area contributed by atoms with Gasteiger partial charge in [-0.1, -0.05) is 0 Å². The van der Waals surface area contributed by atoms with Crippen LogP contribution in [0.15, 0.2) is 23.0 Å². The van der Waals surface area contributed by atoms with Gasteiger partial charge in [0.05, 0.1) is 23.6 Å². The van der Waals surface area contributed by atoms with Crippen molar-refractivity contribution in [1.29, 1.82) is 0 Å². The van der Waals surface area contributed by atoms with Gasteiger partial charge in [0, 0.05) is 30.9 Å². The summed E-state index contributed by atoms with van der Waals surface area (Å²) in [5.41, 5.74) is 1.49. The summed E-state index contributed by atoms with van der Waals surface area (Å²) in [6.45, 7) is 11.3. The molecule has 1 atom stereocenters. The number of nitrogens with one attached hydrogen (secondary N) is 4. The molecule has 2 heterocycles. The summed E-state index contributed by atoms with van der Waals surface area (Å²) in [7, 11) is 0. The molecule has 2 aromatic rings. The Morgan fingerprint density at radius 2 is 1.83 bits per heavy atom. The summed E-state index contributed by atoms with van der Waals surface area (Å²) < 4.78 is 0. The minimum Gasteiger partial charge on any atom is -0.350 e. The molecule has 1 aliphatic rings. The summed E-state index contributed by atoms with van der Waals surface area (Å²) in [6.07, 6.45) is 0.900. The highest BCUT2D eigenvalue weighted by Gasteiger charge is 2.25. The average Bonchev–Trinajstić information content (AvgIpc) is 2.85. The fourth-order valence-corrected chi connectivity index (χ4v) is 3.72. The number of aromatic amines is 2. The smallest absolute Gasteiger partial charge is 0.323 e. The standard InChI is InChI=1S/C21H32N6O3/c1-14(19(29)22-15-6-7-16-17(12-15)24-20(30)23-16)27-9-5-8-26(10-11-27)13-18(28)25-21(2,3)4/h6-7,12,14H,5,8-11,13H2,1-4H3,(H,22,29)(H,25,28)(H2,23,24,30)/t14-/m0/s1. The van der Waals surface area contributed by atoms with Crippen molar-refractivity contribution >= 4 is 28.5 Å². The molecule has 1 aliphatic heterocycles. The first kappa shape index (κ1) is 22.0. The number of carbonyl (C=O) groups is 2. The van der Waals surface area contributed by atoms with Crippen LogP contribution in [0.2, 0.25) is 0 Å². The van der Waals surface area contributed by atoms with Gasteiger partial charge < -0.3 is 20.6 Å². The van der Waals surface area contributed by atoms with Crippen molar-refractivity contribution < 1.29 is 9.59 Å². The van der Waals surface area contributed by atoms with Gasteiger partial charge in [0.2, 0.25) is 11.8 Å². The van der Waals surface area contributed by atoms with Gasteiger partial charge in [-0.05, 0) is 58.9 Å². The van der Waals surface area contributed by atoms with Crippen LogP contribution in [0.25, 0.3) is 11.0 Å². The predicted molar refractivity (Wildman–Crippen MR) is 118 cm³/mol. The fraction of sp³-hybridized carbons (Fsp3) is 0.571. The van der Waals surface area contributed by atoms with Gasteiger partial charge in [-0.2, -0.15) is 0 Å². The predicted octanol–water partition coefficient (Wildman–Crippen LogP) is 1.11. The highest BCUT2D eigenvalue weighted by Crippen LogP contribution is 2.16. The molecule has 9 heteroatoms. The molecule has 9 nitrogen and oxygen atoms in total. The molecule has 3 rings (SSSR count). The van der Waals surface area contributed by atoms with Gasteiger partial charge in [-0.15, -0.1) is 0 Å². The number of hydrogen-bond acceptors (Lipinski definition) is 5. The van der Waals surface area contributed by atoms with Gasteiger partial charge in [0.15, 0.2) is 0 Å². The van der Waals surface area contributed by atoms with Gasteiger partial charge in [-0.25, -0.2) is 4.79 Å². The first-order valence-corrected chi connectivity index (χ1v) is 10.4. The lowest BCUT2D eigenvalue weighted by molar-refractivity contribution is -0.124. The van der Waals surface area contributed by atoms with E-state index in [4.69, 9.17) is 0 Å². The maximum Gasteiger partial charge on any atom is 0.323 e. The molecule has 1 aromatic carbocycles. The Hall–Kier alpha value is -2.65. The molecule has 1 saturated heterocycles. The Bertz CT molecular complexity index is 958. The SMILES string of the molecule is C[C@@H](C(=O)Nc1ccc2[nH]c(=O)[nH]c2c1)N1CCCN(CC(=O)NC(C)(C)C)CC1. The van der Waals surface area contributed by atoms with E-state index in [1.165, 1.54) is 0 Å². The Kier molecular flexibility index (Phi) is 6.62. The maximum absolute atomic E-state index is 12.8. The molecule has 30 heavy (non-hydrogen) atoms. The normalized spacial score (nSPS) is 17.5. The maximum atomic E-state index is 12.8. The summed E-state index contributed by atoms with van der Waals surface area (Å²) in [5.74, 6) is -0.0638. The number of fused-ring (bicyclic) bond motifs is 1. The van der Waals surface area contributed by atoms with E-state index in [0.717, 1.165) is 32.6 Å². The second kappa shape index (κ2) is 9.01. The third-order valence-electron chi connectivity index (χ3n) is 5.22. The number of carbonyl (C=O) groups excluding carboxylic acids is 2. The van der Waals surface area contributed by atoms with E-state index in [1.54, 1.807) is 18.2 Å². The van der Waals surface area contributed by atoms with Crippen LogP contribution in [0.1, 0.15) is 34.1 Å². The summed E-state index contributed by atoms with van der Waals surface area (Å²) >= 11 is 0. The fourth-order valence-electron chi connectivity index (χ4n) is 3.72. The summed E-state index contributed by atoms with van der Waals surface area (Å²) in [6, 6.07) is 4.99. The lowest BCUT2D eigenvalue weighted by atomic mass is 10.1. The van der Waals surface area contributed by atoms with Crippen molar-refractivity contribution in [1.82, 2.24) is 25.1 Å². The molecule has 0 unspecified atom stereocenters. The zero-order valence-electron chi connectivity index (χ0n) is 18.2. The zero-order valence-corrected chi connectivity index (χ0v) is 18.2. The number of H-pyrrole nitrogens is 2. The van der Waals surface area contributed by atoms with Crippen LogP contribution in [0, 0.1) is 0 Å². The Morgan fingerprint density at radius 1 is 1.10 bits per heavy atom. The van der Waals surface area contributed by atoms with Gasteiger partial charge in [0.1, 0.15) is 0 Å². The Morgan fingerprint density at radius 3 is 2.57 bits per heavy atom. The number of amides is 2. The van der Waals surface area contributed by atoms with E-state index in [9.17, 15) is 14.4 Å². The summed E-state index contributed by atoms with van der Waals surface area (Å²) in [4.78, 5) is 46.0. The van der Waals surface area contributed by atoms with Gasteiger partial charge >= 0.3 is 5.69 Å². The molecule has 1 aromatic heterocycles. The van der Waals surface area contributed by atoms with Gasteiger partial charge in [-0.3, -0.25) is 19.4 Å². The third kappa shape index (κ3) is 5.93. The zero-order chi connectivity index (χ0) is 21.9. The molecule has 0 spiro atoms. The Labute approximate surface area is 176 Å². The van der Waals surface area contributed by atoms with Crippen molar-refractivity contribution in [2.24, 2.45) is 0 Å². The quantitative estimate of drug-likeness (QED) is 0.583. The molecular formula is C21H32N6O3. The van der Waals surface area contributed by atoms with Crippen LogP contribution in [-0.2, 0) is 9.59 Å². The number of aromatic nitrogens is 2. The molecular weight excluding hydrogens is 384 g/mol. The monoisotopic (exact) mass is 416 g/mol. The van der Waals surface area contributed by atoms with Crippen LogP contribution in [-0.4, -0.2) is 75.9 Å². The van der Waals surface area contributed by atoms with Crippen molar-refractivity contribution in [2.45, 2.75) is 45.7 Å². The van der Waals surface area contributed by atoms with E-state index < -0.39 is 0 Å². The van der Waals surface area contributed by atoms with Crippen LogP contribution in [0.5, 0.6) is 0 Å². The van der Waals surface area contributed by atoms with Crippen LogP contribution >= 0.6 is 0 Å². The highest BCUT2D eigenvalue weighted by atomic mass is 16.2. The number of rotatable bonds is 5. The largest absolute Gasteiger partial charge is 0.350 e. The number of imidazole rings is 1. The number of nitrogens with zero attached hydrogens (tertiary/aromatic N) is 2. The summed E-state index contributed by atoms with van der Waals surface area (Å²) in [5, 5.41) is 5.93. The van der Waals surface area contributed by atoms with E-state index in [-0.39, 0.29) is 29.1 Å². The van der Waals surface area contributed by atoms with Gasteiger partial charge in [0.25, 0.3) is 0 Å². The van der Waals surface area contributed by atoms with Crippen LogP contribution in [0.3, 0.4) is 0 Å². The van der Waals surface area contributed by atoms with Crippen molar-refractivity contribution in [3.63, 3.8) is 0 Å². The Balaban J connectivity index is 1.54. The molecule has 0 saturated carbocycles. The van der Waals surface area contributed by atoms with Crippen molar-refractivity contribution in [3.8, 4) is 0 Å². The van der Waals surface area contributed by atoms with E-state index in [2.05, 4.69) is 30.4 Å². The second-order valence-electron chi connectivity index (χ2n) is 8.97. The highest BCUT2D eigenvalue weighted by molar-refractivity contribution is 5.96. The van der Waals surface area contributed by atoms with E-state index in [0.29, 0.717) is 23.3 Å².